The average Bonchev–Trinajstić information content (AvgIpc) is 2.89. The van der Waals surface area contributed by atoms with Crippen LogP contribution in [0.25, 0.3) is 0 Å². The SMILES string of the molecule is CCCC[C@@H](CC)C(=O)Nc1ccc([C@H]2C(C(=O)Nc3ccccc3)=C(C)N=C3SCCCN32)cc1. The molecule has 0 spiro atoms. The highest BCUT2D eigenvalue weighted by Gasteiger charge is 2.37. The zero-order valence-electron chi connectivity index (χ0n) is 21.4. The number of hydrogen-bond acceptors (Lipinski definition) is 5. The lowest BCUT2D eigenvalue weighted by atomic mass is 9.93. The molecule has 2 aromatic carbocycles. The van der Waals surface area contributed by atoms with E-state index in [1.165, 1.54) is 0 Å². The number of nitrogens with zero attached hydrogens (tertiary/aromatic N) is 2. The van der Waals surface area contributed by atoms with Crippen LogP contribution >= 0.6 is 11.8 Å². The van der Waals surface area contributed by atoms with Crippen molar-refractivity contribution in [2.24, 2.45) is 10.9 Å². The molecule has 0 radical (unpaired) electrons. The smallest absolute Gasteiger partial charge is 0.255 e. The van der Waals surface area contributed by atoms with Crippen LogP contribution in [0.2, 0.25) is 0 Å². The third-order valence-corrected chi connectivity index (χ3v) is 7.88. The van der Waals surface area contributed by atoms with Crippen LogP contribution in [0.15, 0.2) is 70.9 Å². The van der Waals surface area contributed by atoms with Crippen LogP contribution in [0, 0.1) is 5.92 Å². The monoisotopic (exact) mass is 504 g/mol. The lowest BCUT2D eigenvalue weighted by Crippen LogP contribution is -2.43. The van der Waals surface area contributed by atoms with E-state index < -0.39 is 0 Å². The second-order valence-electron chi connectivity index (χ2n) is 9.37. The number of carbonyl (C=O) groups excluding carboxylic acids is 2. The van der Waals surface area contributed by atoms with Crippen LogP contribution in [0.5, 0.6) is 0 Å². The van der Waals surface area contributed by atoms with Crippen molar-refractivity contribution in [2.45, 2.75) is 58.9 Å². The van der Waals surface area contributed by atoms with Crippen molar-refractivity contribution in [1.82, 2.24) is 4.90 Å². The molecule has 2 amide bonds. The number of unbranched alkanes of at least 4 members (excludes halogenated alkanes) is 1. The van der Waals surface area contributed by atoms with Gasteiger partial charge in [-0.05, 0) is 56.0 Å². The van der Waals surface area contributed by atoms with Gasteiger partial charge in [0.25, 0.3) is 5.91 Å². The standard InChI is InChI=1S/C29H36N4O2S/c1-4-6-11-21(5-2)27(34)31-24-16-14-22(15-17-24)26-25(28(35)32-23-12-8-7-9-13-23)20(3)30-29-33(26)18-10-19-36-29/h7-9,12-17,21,26H,4-6,10-11,18-19H2,1-3H3,(H,31,34)(H,32,35)/t21-,26+/m1/s1. The molecule has 4 rings (SSSR count). The molecule has 2 heterocycles. The van der Waals surface area contributed by atoms with Crippen LogP contribution in [0.4, 0.5) is 11.4 Å². The minimum Gasteiger partial charge on any atom is -0.340 e. The maximum Gasteiger partial charge on any atom is 0.255 e. The summed E-state index contributed by atoms with van der Waals surface area (Å²) >= 11 is 1.74. The fourth-order valence-corrected chi connectivity index (χ4v) is 5.81. The Morgan fingerprint density at radius 1 is 1.06 bits per heavy atom. The van der Waals surface area contributed by atoms with Crippen LogP contribution in [0.1, 0.15) is 64.5 Å². The lowest BCUT2D eigenvalue weighted by molar-refractivity contribution is -0.120. The van der Waals surface area contributed by atoms with Gasteiger partial charge in [0.2, 0.25) is 5.91 Å². The number of carbonyl (C=O) groups is 2. The first-order valence-electron chi connectivity index (χ1n) is 13.0. The number of thioether (sulfide) groups is 1. The maximum absolute atomic E-state index is 13.5. The number of aliphatic imine (C=N–C) groups is 1. The van der Waals surface area contributed by atoms with E-state index in [2.05, 4.69) is 29.4 Å². The molecule has 1 saturated heterocycles. The first-order valence-corrected chi connectivity index (χ1v) is 14.0. The number of para-hydroxylation sites is 1. The molecule has 190 valence electrons. The molecular formula is C29H36N4O2S. The summed E-state index contributed by atoms with van der Waals surface area (Å²) in [5.74, 6) is 1.01. The van der Waals surface area contributed by atoms with Crippen molar-refractivity contribution in [3.05, 3.63) is 71.4 Å². The summed E-state index contributed by atoms with van der Waals surface area (Å²) in [7, 11) is 0. The Labute approximate surface area is 218 Å². The van der Waals surface area contributed by atoms with Crippen LogP contribution in [-0.2, 0) is 9.59 Å². The van der Waals surface area contributed by atoms with E-state index in [0.29, 0.717) is 5.57 Å². The number of anilines is 2. The third kappa shape index (κ3) is 6.01. The summed E-state index contributed by atoms with van der Waals surface area (Å²) in [6.07, 6.45) is 4.94. The quantitative estimate of drug-likeness (QED) is 0.403. The van der Waals surface area contributed by atoms with E-state index in [1.807, 2.05) is 61.5 Å². The fraction of sp³-hybridized carbons (Fsp3) is 0.414. The van der Waals surface area contributed by atoms with Crippen molar-refractivity contribution in [3.8, 4) is 0 Å². The number of amides is 2. The Hall–Kier alpha value is -3.06. The van der Waals surface area contributed by atoms with E-state index in [9.17, 15) is 9.59 Å². The van der Waals surface area contributed by atoms with Crippen molar-refractivity contribution in [2.75, 3.05) is 22.9 Å². The van der Waals surface area contributed by atoms with Gasteiger partial charge in [-0.1, -0.05) is 68.8 Å². The molecule has 1 fully saturated rings. The highest BCUT2D eigenvalue weighted by atomic mass is 32.2. The molecule has 7 heteroatoms. The van der Waals surface area contributed by atoms with Crippen molar-refractivity contribution < 1.29 is 9.59 Å². The number of allylic oxidation sites excluding steroid dienone is 1. The number of fused-ring (bicyclic) bond motifs is 1. The fourth-order valence-electron chi connectivity index (χ4n) is 4.79. The van der Waals surface area contributed by atoms with Gasteiger partial charge in [-0.15, -0.1) is 0 Å². The van der Waals surface area contributed by atoms with Crippen molar-refractivity contribution in [1.29, 1.82) is 0 Å². The maximum atomic E-state index is 13.5. The largest absolute Gasteiger partial charge is 0.340 e. The third-order valence-electron chi connectivity index (χ3n) is 6.80. The van der Waals surface area contributed by atoms with Gasteiger partial charge < -0.3 is 15.5 Å². The molecular weight excluding hydrogens is 468 g/mol. The summed E-state index contributed by atoms with van der Waals surface area (Å²) in [5.41, 5.74) is 3.96. The Bertz CT molecular complexity index is 1130. The minimum absolute atomic E-state index is 0.0333. The summed E-state index contributed by atoms with van der Waals surface area (Å²) in [5, 5.41) is 7.12. The van der Waals surface area contributed by atoms with Crippen LogP contribution in [0.3, 0.4) is 0 Å². The normalized spacial score (nSPS) is 18.2. The van der Waals surface area contributed by atoms with Gasteiger partial charge in [-0.25, -0.2) is 4.99 Å². The van der Waals surface area contributed by atoms with Crippen LogP contribution < -0.4 is 10.6 Å². The molecule has 0 bridgehead atoms. The van der Waals surface area contributed by atoms with E-state index in [1.54, 1.807) is 11.8 Å². The topological polar surface area (TPSA) is 73.8 Å². The van der Waals surface area contributed by atoms with E-state index in [-0.39, 0.29) is 23.8 Å². The van der Waals surface area contributed by atoms with Gasteiger partial charge in [0.1, 0.15) is 0 Å². The lowest BCUT2D eigenvalue weighted by Gasteiger charge is -2.41. The summed E-state index contributed by atoms with van der Waals surface area (Å²) < 4.78 is 0. The Morgan fingerprint density at radius 2 is 1.78 bits per heavy atom. The van der Waals surface area contributed by atoms with Crippen molar-refractivity contribution in [3.63, 3.8) is 0 Å². The summed E-state index contributed by atoms with van der Waals surface area (Å²) in [6.45, 7) is 6.98. The zero-order valence-corrected chi connectivity index (χ0v) is 22.2. The van der Waals surface area contributed by atoms with E-state index in [4.69, 9.17) is 4.99 Å². The zero-order chi connectivity index (χ0) is 25.5. The minimum atomic E-state index is -0.230. The number of hydrogen-bond donors (Lipinski definition) is 2. The van der Waals surface area contributed by atoms with Crippen LogP contribution in [-0.4, -0.2) is 34.2 Å². The first kappa shape index (κ1) is 26.0. The van der Waals surface area contributed by atoms with Gasteiger partial charge in [-0.2, -0.15) is 0 Å². The molecule has 0 saturated carbocycles. The summed E-state index contributed by atoms with van der Waals surface area (Å²) in [4.78, 5) is 33.3. The summed E-state index contributed by atoms with van der Waals surface area (Å²) in [6, 6.07) is 17.2. The van der Waals surface area contributed by atoms with Gasteiger partial charge in [0.05, 0.1) is 17.3 Å². The second-order valence-corrected chi connectivity index (χ2v) is 10.4. The predicted octanol–water partition coefficient (Wildman–Crippen LogP) is 6.60. The van der Waals surface area contributed by atoms with E-state index in [0.717, 1.165) is 72.2 Å². The molecule has 6 nitrogen and oxygen atoms in total. The van der Waals surface area contributed by atoms with Gasteiger partial charge in [-0.3, -0.25) is 9.59 Å². The Kier molecular flexibility index (Phi) is 8.86. The molecule has 0 unspecified atom stereocenters. The average molecular weight is 505 g/mol. The van der Waals surface area contributed by atoms with Gasteiger partial charge >= 0.3 is 0 Å². The Morgan fingerprint density at radius 3 is 2.47 bits per heavy atom. The molecule has 0 aliphatic carbocycles. The number of rotatable bonds is 9. The molecule has 36 heavy (non-hydrogen) atoms. The van der Waals surface area contributed by atoms with Gasteiger partial charge in [0.15, 0.2) is 5.17 Å². The van der Waals surface area contributed by atoms with Crippen molar-refractivity contribution >= 4 is 40.1 Å². The number of nitrogens with one attached hydrogen (secondary N) is 2. The molecule has 0 aromatic heterocycles. The van der Waals surface area contributed by atoms with E-state index >= 15 is 0 Å². The highest BCUT2D eigenvalue weighted by molar-refractivity contribution is 8.13. The Balaban J connectivity index is 1.59. The highest BCUT2D eigenvalue weighted by Crippen LogP contribution is 2.40. The second kappa shape index (κ2) is 12.3. The predicted molar refractivity (Wildman–Crippen MR) is 150 cm³/mol. The number of amidine groups is 1. The first-order chi connectivity index (χ1) is 17.5. The molecule has 2 aliphatic heterocycles. The molecule has 2 aromatic rings. The molecule has 2 atom stereocenters. The molecule has 2 aliphatic rings. The molecule has 2 N–H and O–H groups in total. The number of benzene rings is 2. The van der Waals surface area contributed by atoms with Gasteiger partial charge in [0, 0.05) is 29.6 Å².